The molecule has 5 nitrogen and oxygen atoms in total. The van der Waals surface area contributed by atoms with Gasteiger partial charge in [0.2, 0.25) is 0 Å². The Morgan fingerprint density at radius 3 is 2.64 bits per heavy atom. The molecule has 0 fully saturated rings. The van der Waals surface area contributed by atoms with Crippen LogP contribution in [-0.4, -0.2) is 17.5 Å². The maximum Gasteiger partial charge on any atom is 0.266 e. The molecule has 0 spiro atoms. The first-order valence-corrected chi connectivity index (χ1v) is 8.43. The molecule has 0 unspecified atom stereocenters. The zero-order valence-electron chi connectivity index (χ0n) is 14.0. The van der Waals surface area contributed by atoms with E-state index in [0.717, 1.165) is 29.3 Å². The van der Waals surface area contributed by atoms with Crippen LogP contribution in [0.5, 0.6) is 0 Å². The van der Waals surface area contributed by atoms with Crippen molar-refractivity contribution in [2.45, 2.75) is 19.4 Å². The van der Waals surface area contributed by atoms with Gasteiger partial charge in [0.25, 0.3) is 11.5 Å². The number of carbonyl (C=O) groups excluding carboxylic acids is 1. The van der Waals surface area contributed by atoms with Gasteiger partial charge in [-0.15, -0.1) is 0 Å². The highest BCUT2D eigenvalue weighted by atomic mass is 16.2. The molecule has 1 aliphatic rings. The zero-order chi connectivity index (χ0) is 17.4. The topological polar surface area (TPSA) is 63.1 Å². The summed E-state index contributed by atoms with van der Waals surface area (Å²) in [5.41, 5.74) is 3.29. The average Bonchev–Trinajstić information content (AvgIpc) is 2.65. The number of aryl methyl sites for hydroxylation is 2. The van der Waals surface area contributed by atoms with Crippen LogP contribution < -0.4 is 16.2 Å². The largest absolute Gasteiger partial charge is 0.387 e. The summed E-state index contributed by atoms with van der Waals surface area (Å²) in [7, 11) is 1.75. The second-order valence-electron chi connectivity index (χ2n) is 6.19. The molecule has 126 valence electrons. The molecule has 4 rings (SSSR count). The van der Waals surface area contributed by atoms with Crippen LogP contribution in [0.1, 0.15) is 22.3 Å². The van der Waals surface area contributed by atoms with Gasteiger partial charge >= 0.3 is 0 Å². The molecule has 0 aliphatic carbocycles. The van der Waals surface area contributed by atoms with Gasteiger partial charge in [-0.2, -0.15) is 0 Å². The van der Waals surface area contributed by atoms with Crippen molar-refractivity contribution >= 4 is 28.2 Å². The molecule has 0 bridgehead atoms. The first-order valence-electron chi connectivity index (χ1n) is 8.43. The Bertz CT molecular complexity index is 1020. The molecule has 0 saturated carbocycles. The quantitative estimate of drug-likeness (QED) is 0.773. The van der Waals surface area contributed by atoms with Gasteiger partial charge in [-0.05, 0) is 30.5 Å². The number of nitrogens with zero attached hydrogens (tertiary/aromatic N) is 1. The molecule has 1 aromatic heterocycles. The Balaban J connectivity index is 1.94. The van der Waals surface area contributed by atoms with Crippen LogP contribution in [0.2, 0.25) is 0 Å². The molecule has 0 saturated heterocycles. The van der Waals surface area contributed by atoms with E-state index in [2.05, 4.69) is 16.7 Å². The molecule has 3 aromatic rings. The molecule has 5 heteroatoms. The van der Waals surface area contributed by atoms with Gasteiger partial charge in [0, 0.05) is 24.7 Å². The maximum absolute atomic E-state index is 13.1. The van der Waals surface area contributed by atoms with Crippen LogP contribution in [0, 0.1) is 0 Å². The second kappa shape index (κ2) is 6.09. The summed E-state index contributed by atoms with van der Waals surface area (Å²) < 4.78 is 1.74. The number of carbonyl (C=O) groups is 1. The van der Waals surface area contributed by atoms with Crippen LogP contribution >= 0.6 is 0 Å². The molecule has 1 amide bonds. The number of anilines is 2. The van der Waals surface area contributed by atoms with E-state index in [1.165, 1.54) is 0 Å². The Morgan fingerprint density at radius 1 is 1.08 bits per heavy atom. The first-order chi connectivity index (χ1) is 12.2. The second-order valence-corrected chi connectivity index (χ2v) is 6.19. The van der Waals surface area contributed by atoms with E-state index in [1.807, 2.05) is 30.3 Å². The van der Waals surface area contributed by atoms with E-state index in [9.17, 15) is 9.59 Å². The molecule has 2 heterocycles. The highest BCUT2D eigenvalue weighted by Crippen LogP contribution is 2.31. The molecular weight excluding hydrogens is 314 g/mol. The van der Waals surface area contributed by atoms with E-state index in [1.54, 1.807) is 23.7 Å². The number of rotatable bonds is 3. The van der Waals surface area contributed by atoms with Crippen molar-refractivity contribution in [1.29, 1.82) is 0 Å². The molecule has 2 N–H and O–H groups in total. The predicted molar refractivity (Wildman–Crippen MR) is 100 cm³/mol. The number of benzene rings is 2. The van der Waals surface area contributed by atoms with E-state index in [-0.39, 0.29) is 17.0 Å². The fraction of sp³-hybridized carbons (Fsp3) is 0.200. The Labute approximate surface area is 145 Å². The predicted octanol–water partition coefficient (Wildman–Crippen LogP) is 3.24. The number of aromatic nitrogens is 1. The summed E-state index contributed by atoms with van der Waals surface area (Å²) in [5, 5.41) is 6.82. The molecule has 0 atom stereocenters. The summed E-state index contributed by atoms with van der Waals surface area (Å²) in [4.78, 5) is 25.9. The van der Waals surface area contributed by atoms with Crippen molar-refractivity contribution in [2.24, 2.45) is 0 Å². The van der Waals surface area contributed by atoms with Crippen molar-refractivity contribution < 1.29 is 4.79 Å². The number of para-hydroxylation sites is 2. The standard InChI is InChI=1S/C20H19N3O2/c1-21-17-15-11-5-7-13-8-6-12-23(18(13)15)20(25)16(17)19(24)22-14-9-3-2-4-10-14/h2-5,7,9-11,21H,6,8,12H2,1H3,(H,22,24). The monoisotopic (exact) mass is 333 g/mol. The van der Waals surface area contributed by atoms with E-state index in [4.69, 9.17) is 0 Å². The highest BCUT2D eigenvalue weighted by molar-refractivity contribution is 6.12. The molecule has 2 aromatic carbocycles. The molecule has 1 aliphatic heterocycles. The van der Waals surface area contributed by atoms with Crippen LogP contribution in [0.3, 0.4) is 0 Å². The summed E-state index contributed by atoms with van der Waals surface area (Å²) in [6, 6.07) is 15.2. The minimum absolute atomic E-state index is 0.165. The number of nitrogens with one attached hydrogen (secondary N) is 2. The number of hydrogen-bond acceptors (Lipinski definition) is 3. The zero-order valence-corrected chi connectivity index (χ0v) is 14.0. The molecule has 0 radical (unpaired) electrons. The van der Waals surface area contributed by atoms with Gasteiger partial charge in [0.15, 0.2) is 0 Å². The summed E-state index contributed by atoms with van der Waals surface area (Å²) in [6.07, 6.45) is 1.86. The van der Waals surface area contributed by atoms with Crippen molar-refractivity contribution in [2.75, 3.05) is 17.7 Å². The third-order valence-corrected chi connectivity index (χ3v) is 4.70. The fourth-order valence-electron chi connectivity index (χ4n) is 3.62. The lowest BCUT2D eigenvalue weighted by Gasteiger charge is -2.23. The van der Waals surface area contributed by atoms with E-state index < -0.39 is 0 Å². The fourth-order valence-corrected chi connectivity index (χ4v) is 3.62. The minimum Gasteiger partial charge on any atom is -0.387 e. The number of pyridine rings is 1. The first kappa shape index (κ1) is 15.4. The molecular formula is C20H19N3O2. The maximum atomic E-state index is 13.1. The summed E-state index contributed by atoms with van der Waals surface area (Å²) in [6.45, 7) is 0.641. The van der Waals surface area contributed by atoms with E-state index >= 15 is 0 Å². The summed E-state index contributed by atoms with van der Waals surface area (Å²) in [5.74, 6) is -0.387. The third-order valence-electron chi connectivity index (χ3n) is 4.70. The molecule has 25 heavy (non-hydrogen) atoms. The normalized spacial score (nSPS) is 12.8. The lowest BCUT2D eigenvalue weighted by Crippen LogP contribution is -2.33. The minimum atomic E-state index is -0.387. The van der Waals surface area contributed by atoms with Gasteiger partial charge < -0.3 is 15.2 Å². The van der Waals surface area contributed by atoms with Gasteiger partial charge in [-0.3, -0.25) is 9.59 Å². The van der Waals surface area contributed by atoms with Crippen molar-refractivity contribution in [3.05, 3.63) is 70.0 Å². The van der Waals surface area contributed by atoms with Gasteiger partial charge in [-0.1, -0.05) is 36.4 Å². The van der Waals surface area contributed by atoms with E-state index in [0.29, 0.717) is 17.9 Å². The lowest BCUT2D eigenvalue weighted by atomic mass is 9.98. The Hall–Kier alpha value is -3.08. The van der Waals surface area contributed by atoms with Crippen molar-refractivity contribution in [3.63, 3.8) is 0 Å². The highest BCUT2D eigenvalue weighted by Gasteiger charge is 2.24. The average molecular weight is 333 g/mol. The van der Waals surface area contributed by atoms with Gasteiger partial charge in [0.05, 0.1) is 11.2 Å². The van der Waals surface area contributed by atoms with Crippen LogP contribution in [0.15, 0.2) is 53.3 Å². The number of hydrogen-bond donors (Lipinski definition) is 2. The third kappa shape index (κ3) is 2.48. The van der Waals surface area contributed by atoms with Crippen molar-refractivity contribution in [3.8, 4) is 0 Å². The SMILES string of the molecule is CNc1c(C(=O)Nc2ccccc2)c(=O)n2c3c(cccc13)CCC2. The smallest absolute Gasteiger partial charge is 0.266 e. The van der Waals surface area contributed by atoms with Crippen molar-refractivity contribution in [1.82, 2.24) is 4.57 Å². The van der Waals surface area contributed by atoms with Gasteiger partial charge in [0.1, 0.15) is 5.56 Å². The lowest BCUT2D eigenvalue weighted by molar-refractivity contribution is 0.102. The number of amides is 1. The Morgan fingerprint density at radius 2 is 1.88 bits per heavy atom. The van der Waals surface area contributed by atoms with Crippen LogP contribution in [-0.2, 0) is 13.0 Å². The van der Waals surface area contributed by atoms with Crippen LogP contribution in [0.25, 0.3) is 10.9 Å². The summed E-state index contributed by atoms with van der Waals surface area (Å²) >= 11 is 0. The van der Waals surface area contributed by atoms with Crippen LogP contribution in [0.4, 0.5) is 11.4 Å². The van der Waals surface area contributed by atoms with Gasteiger partial charge in [-0.25, -0.2) is 0 Å². The Kier molecular flexibility index (Phi) is 3.76.